The maximum absolute atomic E-state index is 11.7. The number of aromatic nitrogens is 1. The van der Waals surface area contributed by atoms with Crippen molar-refractivity contribution in [2.24, 2.45) is 0 Å². The van der Waals surface area contributed by atoms with Crippen LogP contribution in [0.1, 0.15) is 12.8 Å². The van der Waals surface area contributed by atoms with Crippen LogP contribution >= 0.6 is 15.9 Å². The second kappa shape index (κ2) is 4.51. The third-order valence-corrected chi connectivity index (χ3v) is 6.53. The van der Waals surface area contributed by atoms with Crippen molar-refractivity contribution >= 4 is 31.9 Å². The Balaban J connectivity index is 2.07. The number of carbonyl (C=O) groups excluding carboxylic acids is 1. The molecule has 1 N–H and O–H groups in total. The van der Waals surface area contributed by atoms with Gasteiger partial charge in [0.1, 0.15) is 10.2 Å². The predicted octanol–water partition coefficient (Wildman–Crippen LogP) is 0.179. The number of pyridine rings is 1. The first-order valence-electron chi connectivity index (χ1n) is 5.24. The molecule has 1 aromatic heterocycles. The monoisotopic (exact) mass is 334 g/mol. The average molecular weight is 335 g/mol. The minimum absolute atomic E-state index is 0.317. The van der Waals surface area contributed by atoms with Gasteiger partial charge in [-0.05, 0) is 18.9 Å². The number of amides is 1. The number of alkyl halides is 1. The molecule has 0 atom stereocenters. The second-order valence-corrected chi connectivity index (χ2v) is 8.11. The Morgan fingerprint density at radius 2 is 2.11 bits per heavy atom. The SMILES string of the molecule is O=C(Cn1ccccc1=O)NS(=O)(=O)C1(Br)CC1. The van der Waals surface area contributed by atoms with Gasteiger partial charge in [0.25, 0.3) is 21.5 Å². The van der Waals surface area contributed by atoms with Crippen molar-refractivity contribution in [3.63, 3.8) is 0 Å². The van der Waals surface area contributed by atoms with Crippen LogP contribution in [-0.4, -0.2) is 22.5 Å². The van der Waals surface area contributed by atoms with E-state index in [-0.39, 0.29) is 12.1 Å². The van der Waals surface area contributed by atoms with E-state index in [4.69, 9.17) is 0 Å². The first-order valence-corrected chi connectivity index (χ1v) is 7.51. The van der Waals surface area contributed by atoms with Crippen LogP contribution in [-0.2, 0) is 21.4 Å². The molecule has 6 nitrogen and oxygen atoms in total. The number of halogens is 1. The van der Waals surface area contributed by atoms with Crippen LogP contribution in [0.25, 0.3) is 0 Å². The number of hydrogen-bond donors (Lipinski definition) is 1. The number of hydrogen-bond acceptors (Lipinski definition) is 4. The summed E-state index contributed by atoms with van der Waals surface area (Å²) in [5.41, 5.74) is -0.356. The minimum Gasteiger partial charge on any atom is -0.306 e. The van der Waals surface area contributed by atoms with Gasteiger partial charge in [0, 0.05) is 12.3 Å². The fourth-order valence-electron chi connectivity index (χ4n) is 1.39. The Morgan fingerprint density at radius 1 is 1.44 bits per heavy atom. The lowest BCUT2D eigenvalue weighted by atomic mass is 10.4. The Hall–Kier alpha value is -1.15. The van der Waals surface area contributed by atoms with Crippen molar-refractivity contribution < 1.29 is 13.2 Å². The number of nitrogens with zero attached hydrogens (tertiary/aromatic N) is 1. The van der Waals surface area contributed by atoms with Gasteiger partial charge in [0.15, 0.2) is 0 Å². The van der Waals surface area contributed by atoms with Crippen LogP contribution in [0, 0.1) is 0 Å². The molecule has 1 aliphatic carbocycles. The van der Waals surface area contributed by atoms with E-state index < -0.39 is 19.6 Å². The van der Waals surface area contributed by atoms with E-state index >= 15 is 0 Å². The lowest BCUT2D eigenvalue weighted by Gasteiger charge is -2.11. The highest BCUT2D eigenvalue weighted by Crippen LogP contribution is 2.48. The Morgan fingerprint density at radius 3 is 2.67 bits per heavy atom. The molecular formula is C10H11BrN2O4S. The van der Waals surface area contributed by atoms with E-state index in [2.05, 4.69) is 15.9 Å². The smallest absolute Gasteiger partial charge is 0.253 e. The average Bonchev–Trinajstić information content (AvgIpc) is 3.01. The van der Waals surface area contributed by atoms with E-state index in [1.165, 1.54) is 12.3 Å². The van der Waals surface area contributed by atoms with Gasteiger partial charge in [-0.15, -0.1) is 0 Å². The molecule has 98 valence electrons. The zero-order chi connectivity index (χ0) is 13.4. The van der Waals surface area contributed by atoms with E-state index in [9.17, 15) is 18.0 Å². The summed E-state index contributed by atoms with van der Waals surface area (Å²) < 4.78 is 25.5. The normalized spacial score (nSPS) is 17.2. The first-order chi connectivity index (χ1) is 8.34. The van der Waals surface area contributed by atoms with E-state index in [1.807, 2.05) is 4.72 Å². The maximum atomic E-state index is 11.7. The number of carbonyl (C=O) groups is 1. The molecule has 1 fully saturated rings. The van der Waals surface area contributed by atoms with Crippen molar-refractivity contribution in [2.45, 2.75) is 23.0 Å². The van der Waals surface area contributed by atoms with Crippen LogP contribution in [0.4, 0.5) is 0 Å². The van der Waals surface area contributed by atoms with Gasteiger partial charge in [-0.1, -0.05) is 22.0 Å². The van der Waals surface area contributed by atoms with E-state index in [1.54, 1.807) is 12.1 Å². The molecule has 1 saturated carbocycles. The van der Waals surface area contributed by atoms with Crippen LogP contribution in [0.3, 0.4) is 0 Å². The topological polar surface area (TPSA) is 85.2 Å². The zero-order valence-corrected chi connectivity index (χ0v) is 11.7. The highest BCUT2D eigenvalue weighted by Gasteiger charge is 2.53. The summed E-state index contributed by atoms with van der Waals surface area (Å²) in [6.45, 7) is -0.317. The fraction of sp³-hybridized carbons (Fsp3) is 0.400. The predicted molar refractivity (Wildman–Crippen MR) is 68.7 cm³/mol. The van der Waals surface area contributed by atoms with E-state index in [0.29, 0.717) is 12.8 Å². The van der Waals surface area contributed by atoms with Crippen LogP contribution in [0.5, 0.6) is 0 Å². The molecule has 1 heterocycles. The molecule has 0 saturated heterocycles. The standard InChI is InChI=1S/C10H11BrN2O4S/c11-10(4-5-10)18(16,17)12-8(14)7-13-6-2-1-3-9(13)15/h1-3,6H,4-5,7H2,(H,12,14). The van der Waals surface area contributed by atoms with Gasteiger partial charge in [-0.25, -0.2) is 8.42 Å². The number of rotatable bonds is 4. The summed E-state index contributed by atoms with van der Waals surface area (Å²) >= 11 is 3.07. The van der Waals surface area contributed by atoms with Gasteiger partial charge in [0.2, 0.25) is 0 Å². The summed E-state index contributed by atoms with van der Waals surface area (Å²) in [5.74, 6) is -0.728. The van der Waals surface area contributed by atoms with E-state index in [0.717, 1.165) is 4.57 Å². The second-order valence-electron chi connectivity index (χ2n) is 4.08. The lowest BCUT2D eigenvalue weighted by molar-refractivity contribution is -0.119. The Bertz CT molecular complexity index is 633. The van der Waals surface area contributed by atoms with Gasteiger partial charge in [-0.2, -0.15) is 0 Å². The Kier molecular flexibility index (Phi) is 3.33. The molecule has 8 heteroatoms. The van der Waals surface area contributed by atoms with Crippen molar-refractivity contribution in [1.29, 1.82) is 0 Å². The Labute approximate surface area is 112 Å². The molecule has 1 aliphatic rings. The van der Waals surface area contributed by atoms with Crippen LogP contribution in [0.2, 0.25) is 0 Å². The summed E-state index contributed by atoms with van der Waals surface area (Å²) in [5, 5.41) is 0. The molecule has 1 aromatic rings. The number of sulfonamides is 1. The molecule has 2 rings (SSSR count). The number of nitrogens with one attached hydrogen (secondary N) is 1. The highest BCUT2D eigenvalue weighted by atomic mass is 79.9. The van der Waals surface area contributed by atoms with Crippen molar-refractivity contribution in [1.82, 2.24) is 9.29 Å². The molecule has 0 unspecified atom stereocenters. The quantitative estimate of drug-likeness (QED) is 0.796. The van der Waals surface area contributed by atoms with Crippen molar-refractivity contribution in [2.75, 3.05) is 0 Å². The molecule has 0 aliphatic heterocycles. The fourth-order valence-corrected chi connectivity index (χ4v) is 3.01. The maximum Gasteiger partial charge on any atom is 0.253 e. The highest BCUT2D eigenvalue weighted by molar-refractivity contribution is 9.11. The lowest BCUT2D eigenvalue weighted by Crippen LogP contribution is -2.40. The van der Waals surface area contributed by atoms with Gasteiger partial charge >= 0.3 is 0 Å². The molecule has 0 aromatic carbocycles. The summed E-state index contributed by atoms with van der Waals surface area (Å²) in [6, 6.07) is 4.44. The minimum atomic E-state index is -3.72. The van der Waals surface area contributed by atoms with Crippen molar-refractivity contribution in [3.8, 4) is 0 Å². The third-order valence-electron chi connectivity index (χ3n) is 2.59. The van der Waals surface area contributed by atoms with Crippen LogP contribution < -0.4 is 10.3 Å². The first kappa shape index (κ1) is 13.3. The summed E-state index contributed by atoms with van der Waals surface area (Å²) in [6.07, 6.45) is 2.37. The summed E-state index contributed by atoms with van der Waals surface area (Å²) in [4.78, 5) is 22.9. The van der Waals surface area contributed by atoms with Gasteiger partial charge in [-0.3, -0.25) is 14.3 Å². The van der Waals surface area contributed by atoms with Gasteiger partial charge < -0.3 is 4.57 Å². The largest absolute Gasteiger partial charge is 0.306 e. The summed E-state index contributed by atoms with van der Waals surface area (Å²) in [7, 11) is -3.72. The van der Waals surface area contributed by atoms with Gasteiger partial charge in [0.05, 0.1) is 0 Å². The zero-order valence-electron chi connectivity index (χ0n) is 9.30. The molecular weight excluding hydrogens is 324 g/mol. The van der Waals surface area contributed by atoms with Crippen molar-refractivity contribution in [3.05, 3.63) is 34.7 Å². The van der Waals surface area contributed by atoms with Crippen LogP contribution in [0.15, 0.2) is 29.2 Å². The molecule has 0 radical (unpaired) electrons. The third kappa shape index (κ3) is 2.64. The molecule has 18 heavy (non-hydrogen) atoms. The molecule has 0 bridgehead atoms. The molecule has 1 amide bonds. The molecule has 0 spiro atoms.